The number of Topliss-reactive ketones (excluding diaryl/α,β-unsaturated/α-hetero) is 1. The lowest BCUT2D eigenvalue weighted by Gasteiger charge is -2.05. The van der Waals surface area contributed by atoms with Crippen LogP contribution in [0, 0.1) is 0 Å². The van der Waals surface area contributed by atoms with Gasteiger partial charge in [-0.25, -0.2) is 0 Å². The van der Waals surface area contributed by atoms with Crippen LogP contribution in [0.1, 0.15) is 26.2 Å². The number of ether oxygens (including phenoxy) is 1. The summed E-state index contributed by atoms with van der Waals surface area (Å²) in [7, 11) is 0. The summed E-state index contributed by atoms with van der Waals surface area (Å²) in [6, 6.07) is 0. The molecule has 1 aliphatic carbocycles. The summed E-state index contributed by atoms with van der Waals surface area (Å²) in [5.74, 6) is 0.289. The van der Waals surface area contributed by atoms with Crippen LogP contribution in [-0.4, -0.2) is 18.5 Å². The van der Waals surface area contributed by atoms with E-state index >= 15 is 0 Å². The maximum atomic E-state index is 10.8. The molecule has 1 atom stereocenters. The topological polar surface area (TPSA) is 26.3 Å². The van der Waals surface area contributed by atoms with E-state index in [1.807, 2.05) is 6.92 Å². The third-order valence-corrected chi connectivity index (χ3v) is 1.62. The molecular formula is C7H12O2. The van der Waals surface area contributed by atoms with Gasteiger partial charge in [0.05, 0.1) is 0 Å². The van der Waals surface area contributed by atoms with E-state index in [1.165, 1.54) is 0 Å². The van der Waals surface area contributed by atoms with Gasteiger partial charge in [0.25, 0.3) is 0 Å². The van der Waals surface area contributed by atoms with Crippen molar-refractivity contribution in [2.45, 2.75) is 32.3 Å². The van der Waals surface area contributed by atoms with Crippen molar-refractivity contribution in [2.75, 3.05) is 6.61 Å². The van der Waals surface area contributed by atoms with Crippen molar-refractivity contribution in [1.29, 1.82) is 0 Å². The second-order valence-electron chi connectivity index (χ2n) is 2.30. The Morgan fingerprint density at radius 1 is 1.78 bits per heavy atom. The number of ketones is 1. The van der Waals surface area contributed by atoms with Crippen LogP contribution in [0.3, 0.4) is 0 Å². The van der Waals surface area contributed by atoms with Crippen molar-refractivity contribution >= 4 is 5.78 Å². The molecule has 1 aliphatic rings. The Labute approximate surface area is 55.2 Å². The summed E-state index contributed by atoms with van der Waals surface area (Å²) in [5, 5.41) is 0. The number of hydrogen-bond acceptors (Lipinski definition) is 2. The van der Waals surface area contributed by atoms with Crippen molar-refractivity contribution in [3.8, 4) is 0 Å². The van der Waals surface area contributed by atoms with E-state index in [9.17, 15) is 4.79 Å². The minimum absolute atomic E-state index is 0.0602. The molecule has 52 valence electrons. The predicted octanol–water partition coefficient (Wildman–Crippen LogP) is 1.14. The van der Waals surface area contributed by atoms with Gasteiger partial charge in [-0.2, -0.15) is 0 Å². The highest BCUT2D eigenvalue weighted by molar-refractivity contribution is 5.84. The van der Waals surface area contributed by atoms with E-state index in [1.54, 1.807) is 0 Å². The Balaban J connectivity index is 2.31. The quantitative estimate of drug-likeness (QED) is 0.557. The zero-order valence-corrected chi connectivity index (χ0v) is 5.72. The average molecular weight is 128 g/mol. The third kappa shape index (κ3) is 1.52. The van der Waals surface area contributed by atoms with Gasteiger partial charge in [0.2, 0.25) is 0 Å². The van der Waals surface area contributed by atoms with Gasteiger partial charge < -0.3 is 4.74 Å². The maximum absolute atomic E-state index is 10.8. The molecule has 0 aliphatic heterocycles. The largest absolute Gasteiger partial charge is 0.371 e. The van der Waals surface area contributed by atoms with Crippen molar-refractivity contribution in [3.05, 3.63) is 0 Å². The van der Waals surface area contributed by atoms with Gasteiger partial charge in [0, 0.05) is 13.0 Å². The Morgan fingerprint density at radius 2 is 2.56 bits per heavy atom. The molecule has 2 nitrogen and oxygen atoms in total. The van der Waals surface area contributed by atoms with Crippen LogP contribution in [0.5, 0.6) is 0 Å². The highest BCUT2D eigenvalue weighted by atomic mass is 16.5. The van der Waals surface area contributed by atoms with E-state index in [2.05, 4.69) is 0 Å². The fraction of sp³-hybridized carbons (Fsp3) is 0.857. The van der Waals surface area contributed by atoms with Crippen LogP contribution in [0.2, 0.25) is 0 Å². The molecule has 0 heterocycles. The molecule has 0 bridgehead atoms. The average Bonchev–Trinajstić information content (AvgIpc) is 2.18. The SMILES string of the molecule is CCOC1CCCC1=O. The molecule has 9 heavy (non-hydrogen) atoms. The van der Waals surface area contributed by atoms with Gasteiger partial charge >= 0.3 is 0 Å². The lowest BCUT2D eigenvalue weighted by Crippen LogP contribution is -2.16. The molecule has 1 saturated carbocycles. The number of hydrogen-bond donors (Lipinski definition) is 0. The van der Waals surface area contributed by atoms with E-state index in [-0.39, 0.29) is 11.9 Å². The molecule has 0 N–H and O–H groups in total. The van der Waals surface area contributed by atoms with E-state index < -0.39 is 0 Å². The zero-order chi connectivity index (χ0) is 6.69. The van der Waals surface area contributed by atoms with Crippen LogP contribution < -0.4 is 0 Å². The first-order chi connectivity index (χ1) is 4.34. The molecule has 2 heteroatoms. The summed E-state index contributed by atoms with van der Waals surface area (Å²) < 4.78 is 5.17. The monoisotopic (exact) mass is 128 g/mol. The van der Waals surface area contributed by atoms with Crippen LogP contribution in [0.15, 0.2) is 0 Å². The second-order valence-corrected chi connectivity index (χ2v) is 2.30. The van der Waals surface area contributed by atoms with Crippen LogP contribution in [0.25, 0.3) is 0 Å². The molecule has 0 spiro atoms. The van der Waals surface area contributed by atoms with Gasteiger partial charge in [-0.05, 0) is 19.8 Å². The zero-order valence-electron chi connectivity index (χ0n) is 5.72. The van der Waals surface area contributed by atoms with Crippen LogP contribution in [-0.2, 0) is 9.53 Å². The summed E-state index contributed by atoms with van der Waals surface area (Å²) in [6.07, 6.45) is 2.62. The first-order valence-electron chi connectivity index (χ1n) is 3.49. The summed E-state index contributed by atoms with van der Waals surface area (Å²) in [6.45, 7) is 2.59. The fourth-order valence-electron chi connectivity index (χ4n) is 1.16. The van der Waals surface area contributed by atoms with Crippen LogP contribution >= 0.6 is 0 Å². The molecule has 1 rings (SSSR count). The molecule has 0 amide bonds. The lowest BCUT2D eigenvalue weighted by atomic mass is 10.3. The molecular weight excluding hydrogens is 116 g/mol. The molecule has 0 saturated heterocycles. The minimum Gasteiger partial charge on any atom is -0.371 e. The Hall–Kier alpha value is -0.370. The predicted molar refractivity (Wildman–Crippen MR) is 34.3 cm³/mol. The minimum atomic E-state index is -0.0602. The highest BCUT2D eigenvalue weighted by Crippen LogP contribution is 2.16. The van der Waals surface area contributed by atoms with Gasteiger partial charge in [-0.3, -0.25) is 4.79 Å². The van der Waals surface area contributed by atoms with Crippen molar-refractivity contribution < 1.29 is 9.53 Å². The van der Waals surface area contributed by atoms with Crippen molar-refractivity contribution in [2.24, 2.45) is 0 Å². The Morgan fingerprint density at radius 3 is 3.00 bits per heavy atom. The number of carbonyl (C=O) groups is 1. The Bertz CT molecular complexity index is 109. The van der Waals surface area contributed by atoms with E-state index in [0.717, 1.165) is 19.3 Å². The second kappa shape index (κ2) is 2.97. The summed E-state index contributed by atoms with van der Waals surface area (Å²) in [4.78, 5) is 10.8. The third-order valence-electron chi connectivity index (χ3n) is 1.62. The van der Waals surface area contributed by atoms with E-state index in [4.69, 9.17) is 4.74 Å². The van der Waals surface area contributed by atoms with Crippen LogP contribution in [0.4, 0.5) is 0 Å². The number of carbonyl (C=O) groups excluding carboxylic acids is 1. The van der Waals surface area contributed by atoms with Gasteiger partial charge in [0.1, 0.15) is 6.10 Å². The molecule has 0 radical (unpaired) electrons. The molecule has 0 aromatic carbocycles. The fourth-order valence-corrected chi connectivity index (χ4v) is 1.16. The molecule has 0 aromatic rings. The maximum Gasteiger partial charge on any atom is 0.161 e. The van der Waals surface area contributed by atoms with E-state index in [0.29, 0.717) is 6.61 Å². The first-order valence-corrected chi connectivity index (χ1v) is 3.49. The lowest BCUT2D eigenvalue weighted by molar-refractivity contribution is -0.127. The van der Waals surface area contributed by atoms with Gasteiger partial charge in [0.15, 0.2) is 5.78 Å². The molecule has 0 aromatic heterocycles. The van der Waals surface area contributed by atoms with Gasteiger partial charge in [-0.1, -0.05) is 0 Å². The highest BCUT2D eigenvalue weighted by Gasteiger charge is 2.23. The van der Waals surface area contributed by atoms with Crippen molar-refractivity contribution in [3.63, 3.8) is 0 Å². The molecule has 1 unspecified atom stereocenters. The smallest absolute Gasteiger partial charge is 0.161 e. The summed E-state index contributed by atoms with van der Waals surface area (Å²) in [5.41, 5.74) is 0. The van der Waals surface area contributed by atoms with Crippen molar-refractivity contribution in [1.82, 2.24) is 0 Å². The Kier molecular flexibility index (Phi) is 2.22. The number of rotatable bonds is 2. The van der Waals surface area contributed by atoms with Gasteiger partial charge in [-0.15, -0.1) is 0 Å². The standard InChI is InChI=1S/C7H12O2/c1-2-9-7-5-3-4-6(7)8/h7H,2-5H2,1H3. The summed E-state index contributed by atoms with van der Waals surface area (Å²) >= 11 is 0. The normalized spacial score (nSPS) is 27.2. The first kappa shape index (κ1) is 6.75. The molecule has 1 fully saturated rings.